The lowest BCUT2D eigenvalue weighted by Gasteiger charge is -2.28. The summed E-state index contributed by atoms with van der Waals surface area (Å²) in [4.78, 5) is 40.1. The Balaban J connectivity index is 1.21. The molecule has 0 saturated heterocycles. The first-order chi connectivity index (χ1) is 20.6. The van der Waals surface area contributed by atoms with Gasteiger partial charge in [0.25, 0.3) is 11.8 Å². The number of nitriles is 1. The SMILES string of the molecule is CC(C)(C)OC(=O)NCc1ccc(Cc2ccc(N3CCn4ncc(C(=O)Nc5cccc(C#N)c5)c4C3=O)cc2)cc1. The average Bonchev–Trinajstić information content (AvgIpc) is 3.42. The Labute approximate surface area is 249 Å². The van der Waals surface area contributed by atoms with Crippen LogP contribution in [-0.4, -0.2) is 39.8 Å². The van der Waals surface area contributed by atoms with E-state index in [9.17, 15) is 14.4 Å². The fraction of sp³-hybridized carbons (Fsp3) is 0.242. The van der Waals surface area contributed by atoms with Gasteiger partial charge in [-0.25, -0.2) is 4.79 Å². The van der Waals surface area contributed by atoms with Crippen molar-refractivity contribution in [1.29, 1.82) is 5.26 Å². The molecule has 0 radical (unpaired) electrons. The average molecular weight is 577 g/mol. The van der Waals surface area contributed by atoms with E-state index in [1.165, 1.54) is 6.20 Å². The summed E-state index contributed by atoms with van der Waals surface area (Å²) < 4.78 is 6.83. The number of nitrogens with zero attached hydrogens (tertiary/aromatic N) is 4. The van der Waals surface area contributed by atoms with Crippen molar-refractivity contribution in [1.82, 2.24) is 15.1 Å². The predicted octanol–water partition coefficient (Wildman–Crippen LogP) is 5.28. The van der Waals surface area contributed by atoms with E-state index in [1.807, 2.05) is 75.4 Å². The number of aromatic nitrogens is 2. The van der Waals surface area contributed by atoms with Crippen molar-refractivity contribution < 1.29 is 19.1 Å². The van der Waals surface area contributed by atoms with Gasteiger partial charge in [-0.1, -0.05) is 42.5 Å². The maximum Gasteiger partial charge on any atom is 0.407 e. The van der Waals surface area contributed by atoms with E-state index in [1.54, 1.807) is 33.8 Å². The Bertz CT molecular complexity index is 1700. The Morgan fingerprint density at radius 3 is 2.33 bits per heavy atom. The number of benzene rings is 3. The number of carbonyl (C=O) groups is 3. The predicted molar refractivity (Wildman–Crippen MR) is 162 cm³/mol. The van der Waals surface area contributed by atoms with Crippen molar-refractivity contribution in [2.24, 2.45) is 0 Å². The first-order valence-corrected chi connectivity index (χ1v) is 13.9. The van der Waals surface area contributed by atoms with Crippen LogP contribution >= 0.6 is 0 Å². The van der Waals surface area contributed by atoms with Crippen LogP contribution in [0.3, 0.4) is 0 Å². The van der Waals surface area contributed by atoms with E-state index in [-0.39, 0.29) is 17.2 Å². The van der Waals surface area contributed by atoms with Crippen molar-refractivity contribution >= 4 is 29.3 Å². The van der Waals surface area contributed by atoms with E-state index in [4.69, 9.17) is 10.00 Å². The molecule has 3 amide bonds. The van der Waals surface area contributed by atoms with Crippen LogP contribution in [0.5, 0.6) is 0 Å². The monoisotopic (exact) mass is 576 g/mol. The molecule has 218 valence electrons. The zero-order valence-electron chi connectivity index (χ0n) is 24.3. The van der Waals surface area contributed by atoms with Gasteiger partial charge in [0.05, 0.1) is 29.9 Å². The number of rotatable bonds is 7. The summed E-state index contributed by atoms with van der Waals surface area (Å²) in [7, 11) is 0. The van der Waals surface area contributed by atoms with Crippen LogP contribution in [0.25, 0.3) is 0 Å². The molecule has 2 heterocycles. The Kier molecular flexibility index (Phi) is 8.25. The van der Waals surface area contributed by atoms with Crippen LogP contribution in [-0.2, 0) is 24.2 Å². The maximum atomic E-state index is 13.5. The zero-order chi connectivity index (χ0) is 30.6. The lowest BCUT2D eigenvalue weighted by molar-refractivity contribution is 0.0523. The summed E-state index contributed by atoms with van der Waals surface area (Å²) in [6.45, 7) is 6.74. The van der Waals surface area contributed by atoms with Gasteiger partial charge in [0, 0.05) is 24.5 Å². The molecule has 10 heteroatoms. The number of fused-ring (bicyclic) bond motifs is 1. The van der Waals surface area contributed by atoms with Crippen LogP contribution in [0.2, 0.25) is 0 Å². The number of nitrogens with one attached hydrogen (secondary N) is 2. The quantitative estimate of drug-likeness (QED) is 0.308. The molecule has 0 bridgehead atoms. The molecule has 1 aliphatic rings. The lowest BCUT2D eigenvalue weighted by Crippen LogP contribution is -2.41. The molecular weight excluding hydrogens is 544 g/mol. The van der Waals surface area contributed by atoms with Crippen LogP contribution in [0.15, 0.2) is 79.0 Å². The molecular formula is C33H32N6O4. The normalized spacial score (nSPS) is 12.7. The van der Waals surface area contributed by atoms with E-state index in [2.05, 4.69) is 15.7 Å². The molecule has 0 unspecified atom stereocenters. The highest BCUT2D eigenvalue weighted by molar-refractivity contribution is 6.15. The van der Waals surface area contributed by atoms with Crippen molar-refractivity contribution in [3.05, 3.63) is 113 Å². The topological polar surface area (TPSA) is 129 Å². The summed E-state index contributed by atoms with van der Waals surface area (Å²) in [5, 5.41) is 18.9. The largest absolute Gasteiger partial charge is 0.444 e. The summed E-state index contributed by atoms with van der Waals surface area (Å²) in [5.74, 6) is -0.767. The number of hydrogen-bond donors (Lipinski definition) is 2. The minimum absolute atomic E-state index is 0.179. The van der Waals surface area contributed by atoms with E-state index >= 15 is 0 Å². The van der Waals surface area contributed by atoms with Gasteiger partial charge in [0.2, 0.25) is 0 Å². The third kappa shape index (κ3) is 7.08. The second kappa shape index (κ2) is 12.2. The second-order valence-electron chi connectivity index (χ2n) is 11.2. The van der Waals surface area contributed by atoms with Crippen molar-refractivity contribution in [3.8, 4) is 6.07 Å². The van der Waals surface area contributed by atoms with Gasteiger partial charge in [0.15, 0.2) is 0 Å². The van der Waals surface area contributed by atoms with E-state index < -0.39 is 17.6 Å². The number of ether oxygens (including phenoxy) is 1. The van der Waals surface area contributed by atoms with Crippen molar-refractivity contribution in [2.75, 3.05) is 16.8 Å². The van der Waals surface area contributed by atoms with Gasteiger partial charge < -0.3 is 20.3 Å². The second-order valence-corrected chi connectivity index (χ2v) is 11.2. The zero-order valence-corrected chi connectivity index (χ0v) is 24.3. The van der Waals surface area contributed by atoms with Crippen LogP contribution < -0.4 is 15.5 Å². The van der Waals surface area contributed by atoms with Crippen LogP contribution in [0.4, 0.5) is 16.2 Å². The molecule has 3 aromatic carbocycles. The summed E-state index contributed by atoms with van der Waals surface area (Å²) >= 11 is 0. The Hall–Kier alpha value is -5.43. The summed E-state index contributed by atoms with van der Waals surface area (Å²) in [6.07, 6.45) is 1.66. The summed E-state index contributed by atoms with van der Waals surface area (Å²) in [6, 6.07) is 24.4. The van der Waals surface area contributed by atoms with Gasteiger partial charge in [-0.05, 0) is 74.2 Å². The molecule has 4 aromatic rings. The van der Waals surface area contributed by atoms with Crippen LogP contribution in [0.1, 0.15) is 63.9 Å². The molecule has 43 heavy (non-hydrogen) atoms. The number of carbonyl (C=O) groups excluding carboxylic acids is 3. The van der Waals surface area contributed by atoms with Gasteiger partial charge in [0.1, 0.15) is 11.3 Å². The molecule has 2 N–H and O–H groups in total. The van der Waals surface area contributed by atoms with E-state index in [0.717, 1.165) is 22.4 Å². The lowest BCUT2D eigenvalue weighted by atomic mass is 10.0. The maximum absolute atomic E-state index is 13.5. The van der Waals surface area contributed by atoms with Gasteiger partial charge in [-0.2, -0.15) is 10.4 Å². The molecule has 0 fully saturated rings. The molecule has 10 nitrogen and oxygen atoms in total. The molecule has 0 saturated carbocycles. The summed E-state index contributed by atoms with van der Waals surface area (Å²) in [5.41, 5.74) is 4.65. The highest BCUT2D eigenvalue weighted by atomic mass is 16.6. The van der Waals surface area contributed by atoms with Gasteiger partial charge in [-0.15, -0.1) is 0 Å². The van der Waals surface area contributed by atoms with Gasteiger partial charge >= 0.3 is 6.09 Å². The smallest absolute Gasteiger partial charge is 0.407 e. The third-order valence-electron chi connectivity index (χ3n) is 6.83. The molecule has 1 aromatic heterocycles. The number of hydrogen-bond acceptors (Lipinski definition) is 6. The van der Waals surface area contributed by atoms with Gasteiger partial charge in [-0.3, -0.25) is 14.3 Å². The minimum Gasteiger partial charge on any atom is -0.444 e. The molecule has 0 spiro atoms. The Morgan fingerprint density at radius 2 is 1.65 bits per heavy atom. The van der Waals surface area contributed by atoms with Crippen molar-refractivity contribution in [3.63, 3.8) is 0 Å². The van der Waals surface area contributed by atoms with E-state index in [0.29, 0.717) is 37.3 Å². The Morgan fingerprint density at radius 1 is 0.977 bits per heavy atom. The molecule has 1 aliphatic heterocycles. The highest BCUT2D eigenvalue weighted by Gasteiger charge is 2.32. The van der Waals surface area contributed by atoms with Crippen molar-refractivity contribution in [2.45, 2.75) is 45.9 Å². The highest BCUT2D eigenvalue weighted by Crippen LogP contribution is 2.25. The third-order valence-corrected chi connectivity index (χ3v) is 6.83. The number of alkyl carbamates (subject to hydrolysis) is 1. The van der Waals surface area contributed by atoms with Crippen LogP contribution in [0, 0.1) is 11.3 Å². The fourth-order valence-electron chi connectivity index (χ4n) is 4.77. The first kappa shape index (κ1) is 29.1. The fourth-order valence-corrected chi connectivity index (χ4v) is 4.77. The number of amides is 3. The molecule has 0 atom stereocenters. The number of anilines is 2. The standard InChI is InChI=1S/C33H32N6O4/c1-33(2,3)43-32(42)35-20-24-9-7-22(8-10-24)17-23-11-13-27(14-12-23)38-15-16-39-29(31(38)41)28(21-36-39)30(40)37-26-6-4-5-25(18-26)19-34/h4-14,18,21H,15-17,20H2,1-3H3,(H,35,42)(H,37,40). The molecule has 5 rings (SSSR count). The molecule has 0 aliphatic carbocycles. The minimum atomic E-state index is -0.542. The first-order valence-electron chi connectivity index (χ1n) is 13.9.